The van der Waals surface area contributed by atoms with E-state index >= 15 is 0 Å². The monoisotopic (exact) mass is 346 g/mol. The summed E-state index contributed by atoms with van der Waals surface area (Å²) in [6.45, 7) is 2.14. The minimum absolute atomic E-state index is 0.0483. The highest BCUT2D eigenvalue weighted by Crippen LogP contribution is 2.28. The van der Waals surface area contributed by atoms with E-state index in [1.807, 2.05) is 0 Å². The molecule has 1 aromatic carbocycles. The number of nitrogens with zero attached hydrogens (tertiary/aromatic N) is 1. The standard InChI is InChI=1S/C19H23FN2O3/c20-16-5-2-1-4-15(16)17-12-22-19(25-17)9-8-18(23)21-10-3-11-24-13-14-6-7-14/h1-2,4-5,12,14H,3,6-11,13H2,(H,21,23). The van der Waals surface area contributed by atoms with Gasteiger partial charge in [-0.25, -0.2) is 9.37 Å². The summed E-state index contributed by atoms with van der Waals surface area (Å²) in [7, 11) is 0. The van der Waals surface area contributed by atoms with E-state index in [2.05, 4.69) is 10.3 Å². The zero-order valence-electron chi connectivity index (χ0n) is 14.2. The third-order valence-electron chi connectivity index (χ3n) is 4.10. The molecule has 1 N–H and O–H groups in total. The van der Waals surface area contributed by atoms with Crippen molar-refractivity contribution in [2.24, 2.45) is 5.92 Å². The van der Waals surface area contributed by atoms with Crippen LogP contribution < -0.4 is 5.32 Å². The Morgan fingerprint density at radius 1 is 1.36 bits per heavy atom. The van der Waals surface area contributed by atoms with Gasteiger partial charge in [-0.1, -0.05) is 12.1 Å². The average molecular weight is 346 g/mol. The lowest BCUT2D eigenvalue weighted by atomic mass is 10.2. The Morgan fingerprint density at radius 2 is 2.20 bits per heavy atom. The molecule has 1 aromatic heterocycles. The van der Waals surface area contributed by atoms with Crippen LogP contribution in [0.15, 0.2) is 34.9 Å². The Bertz CT molecular complexity index is 697. The van der Waals surface area contributed by atoms with Crippen LogP contribution in [0.1, 0.15) is 31.6 Å². The Kier molecular flexibility index (Phi) is 6.17. The molecular formula is C19H23FN2O3. The van der Waals surface area contributed by atoms with E-state index in [1.54, 1.807) is 18.2 Å². The molecule has 0 bridgehead atoms. The third-order valence-corrected chi connectivity index (χ3v) is 4.10. The molecule has 2 aromatic rings. The van der Waals surface area contributed by atoms with Crippen LogP contribution in [-0.2, 0) is 16.0 Å². The van der Waals surface area contributed by atoms with Crippen molar-refractivity contribution in [3.63, 3.8) is 0 Å². The molecule has 6 heteroatoms. The molecule has 5 nitrogen and oxygen atoms in total. The van der Waals surface area contributed by atoms with E-state index in [9.17, 15) is 9.18 Å². The molecule has 1 saturated carbocycles. The van der Waals surface area contributed by atoms with Gasteiger partial charge in [0.05, 0.1) is 11.8 Å². The number of nitrogens with one attached hydrogen (secondary N) is 1. The minimum atomic E-state index is -0.355. The fourth-order valence-corrected chi connectivity index (χ4v) is 2.46. The van der Waals surface area contributed by atoms with Crippen LogP contribution in [0.4, 0.5) is 4.39 Å². The number of oxazole rings is 1. The third kappa shape index (κ3) is 5.67. The van der Waals surface area contributed by atoms with E-state index in [1.165, 1.54) is 25.1 Å². The van der Waals surface area contributed by atoms with Gasteiger partial charge < -0.3 is 14.5 Å². The summed E-state index contributed by atoms with van der Waals surface area (Å²) in [5.74, 6) is 1.17. The van der Waals surface area contributed by atoms with Gasteiger partial charge >= 0.3 is 0 Å². The van der Waals surface area contributed by atoms with Crippen molar-refractivity contribution in [1.82, 2.24) is 10.3 Å². The van der Waals surface area contributed by atoms with Crippen molar-refractivity contribution < 1.29 is 18.3 Å². The first-order chi connectivity index (χ1) is 12.2. The highest BCUT2D eigenvalue weighted by Gasteiger charge is 2.20. The van der Waals surface area contributed by atoms with Gasteiger partial charge in [0.1, 0.15) is 5.82 Å². The van der Waals surface area contributed by atoms with E-state index in [-0.39, 0.29) is 11.7 Å². The first kappa shape index (κ1) is 17.6. The van der Waals surface area contributed by atoms with Crippen molar-refractivity contribution >= 4 is 5.91 Å². The normalized spacial score (nSPS) is 13.8. The SMILES string of the molecule is O=C(CCc1ncc(-c2ccccc2F)o1)NCCCOCC1CC1. The van der Waals surface area contributed by atoms with E-state index < -0.39 is 0 Å². The molecule has 0 atom stereocenters. The lowest BCUT2D eigenvalue weighted by Gasteiger charge is -2.05. The van der Waals surface area contributed by atoms with Crippen LogP contribution in [-0.4, -0.2) is 30.6 Å². The van der Waals surface area contributed by atoms with Gasteiger partial charge in [-0.15, -0.1) is 0 Å². The largest absolute Gasteiger partial charge is 0.441 e. The van der Waals surface area contributed by atoms with Crippen molar-refractivity contribution in [3.05, 3.63) is 42.2 Å². The second-order valence-corrected chi connectivity index (χ2v) is 6.32. The Hall–Kier alpha value is -2.21. The lowest BCUT2D eigenvalue weighted by Crippen LogP contribution is -2.25. The molecule has 1 heterocycles. The topological polar surface area (TPSA) is 64.4 Å². The number of carbonyl (C=O) groups is 1. The van der Waals surface area contributed by atoms with Crippen LogP contribution in [0.5, 0.6) is 0 Å². The summed E-state index contributed by atoms with van der Waals surface area (Å²) < 4.78 is 24.8. The number of rotatable bonds is 10. The average Bonchev–Trinajstić information content (AvgIpc) is 3.32. The predicted molar refractivity (Wildman–Crippen MR) is 91.4 cm³/mol. The van der Waals surface area contributed by atoms with E-state index in [4.69, 9.17) is 9.15 Å². The zero-order chi connectivity index (χ0) is 17.5. The molecular weight excluding hydrogens is 323 g/mol. The summed E-state index contributed by atoms with van der Waals surface area (Å²) in [6.07, 6.45) is 5.56. The van der Waals surface area contributed by atoms with Gasteiger partial charge in [-0.3, -0.25) is 4.79 Å². The number of hydrogen-bond donors (Lipinski definition) is 1. The first-order valence-corrected chi connectivity index (χ1v) is 8.76. The quantitative estimate of drug-likeness (QED) is 0.670. The van der Waals surface area contributed by atoms with Gasteiger partial charge in [0.25, 0.3) is 0 Å². The molecule has 0 saturated heterocycles. The number of aromatic nitrogens is 1. The summed E-state index contributed by atoms with van der Waals surface area (Å²) in [5, 5.41) is 2.86. The number of aryl methyl sites for hydroxylation is 1. The first-order valence-electron chi connectivity index (χ1n) is 8.76. The summed E-state index contributed by atoms with van der Waals surface area (Å²) >= 11 is 0. The van der Waals surface area contributed by atoms with Gasteiger partial charge in [0, 0.05) is 32.6 Å². The molecule has 1 aliphatic carbocycles. The maximum absolute atomic E-state index is 13.7. The van der Waals surface area contributed by atoms with E-state index in [0.717, 1.165) is 18.9 Å². The highest BCUT2D eigenvalue weighted by molar-refractivity contribution is 5.76. The second kappa shape index (κ2) is 8.76. The smallest absolute Gasteiger partial charge is 0.220 e. The maximum atomic E-state index is 13.7. The van der Waals surface area contributed by atoms with Gasteiger partial charge in [-0.2, -0.15) is 0 Å². The van der Waals surface area contributed by atoms with Crippen LogP contribution >= 0.6 is 0 Å². The van der Waals surface area contributed by atoms with Crippen LogP contribution in [0.25, 0.3) is 11.3 Å². The van der Waals surface area contributed by atoms with Gasteiger partial charge in [-0.05, 0) is 37.3 Å². The fraction of sp³-hybridized carbons (Fsp3) is 0.474. The maximum Gasteiger partial charge on any atom is 0.220 e. The number of hydrogen-bond acceptors (Lipinski definition) is 4. The number of halogens is 1. The number of ether oxygens (including phenoxy) is 1. The molecule has 3 rings (SSSR count). The summed E-state index contributed by atoms with van der Waals surface area (Å²) in [4.78, 5) is 15.9. The fourth-order valence-electron chi connectivity index (χ4n) is 2.46. The van der Waals surface area contributed by atoms with Crippen molar-refractivity contribution in [3.8, 4) is 11.3 Å². The number of amides is 1. The molecule has 0 spiro atoms. The van der Waals surface area contributed by atoms with E-state index in [0.29, 0.717) is 43.2 Å². The molecule has 134 valence electrons. The van der Waals surface area contributed by atoms with Crippen molar-refractivity contribution in [2.45, 2.75) is 32.1 Å². The summed E-state index contributed by atoms with van der Waals surface area (Å²) in [5.41, 5.74) is 0.372. The molecule has 1 amide bonds. The molecule has 1 fully saturated rings. The molecule has 1 aliphatic rings. The predicted octanol–water partition coefficient (Wildman–Crippen LogP) is 3.35. The van der Waals surface area contributed by atoms with Crippen LogP contribution in [0, 0.1) is 11.7 Å². The minimum Gasteiger partial charge on any atom is -0.441 e. The summed E-state index contributed by atoms with van der Waals surface area (Å²) in [6, 6.07) is 6.37. The number of carbonyl (C=O) groups excluding carboxylic acids is 1. The van der Waals surface area contributed by atoms with Gasteiger partial charge in [0.15, 0.2) is 11.7 Å². The second-order valence-electron chi connectivity index (χ2n) is 6.32. The van der Waals surface area contributed by atoms with Crippen LogP contribution in [0.2, 0.25) is 0 Å². The highest BCUT2D eigenvalue weighted by atomic mass is 19.1. The zero-order valence-corrected chi connectivity index (χ0v) is 14.2. The molecule has 0 radical (unpaired) electrons. The van der Waals surface area contributed by atoms with Crippen LogP contribution in [0.3, 0.4) is 0 Å². The Labute approximate surface area is 146 Å². The van der Waals surface area contributed by atoms with Crippen molar-refractivity contribution in [2.75, 3.05) is 19.8 Å². The van der Waals surface area contributed by atoms with Crippen molar-refractivity contribution in [1.29, 1.82) is 0 Å². The molecule has 0 aliphatic heterocycles. The van der Waals surface area contributed by atoms with Gasteiger partial charge in [0.2, 0.25) is 5.91 Å². The number of benzene rings is 1. The molecule has 25 heavy (non-hydrogen) atoms. The Balaban J connectivity index is 1.34. The Morgan fingerprint density at radius 3 is 3.00 bits per heavy atom. The lowest BCUT2D eigenvalue weighted by molar-refractivity contribution is -0.121. The molecule has 0 unspecified atom stereocenters.